The molecule has 0 aliphatic carbocycles. The smallest absolute Gasteiger partial charge is 0.244 e. The summed E-state index contributed by atoms with van der Waals surface area (Å²) in [6, 6.07) is 9.39. The number of imide groups is 1. The van der Waals surface area contributed by atoms with Gasteiger partial charge < -0.3 is 5.32 Å². The Kier molecular flexibility index (Phi) is 2.78. The highest BCUT2D eigenvalue weighted by Crippen LogP contribution is 2.04. The quantitative estimate of drug-likeness (QED) is 0.691. The largest absolute Gasteiger partial charge is 0.301 e. The second-order valence-corrected chi connectivity index (χ2v) is 3.54. The van der Waals surface area contributed by atoms with Gasteiger partial charge >= 0.3 is 0 Å². The fourth-order valence-electron chi connectivity index (χ4n) is 1.56. The molecule has 1 atom stereocenters. The van der Waals surface area contributed by atoms with E-state index in [1.807, 2.05) is 30.3 Å². The van der Waals surface area contributed by atoms with Crippen LogP contribution in [0.5, 0.6) is 0 Å². The van der Waals surface area contributed by atoms with Crippen LogP contribution in [0.2, 0.25) is 0 Å². The minimum atomic E-state index is -0.377. The first kappa shape index (κ1) is 9.86. The number of carbonyl (C=O) groups excluding carboxylic acids is 2. The van der Waals surface area contributed by atoms with Crippen LogP contribution in [0, 0.1) is 0 Å². The van der Waals surface area contributed by atoms with Crippen molar-refractivity contribution in [3.05, 3.63) is 35.9 Å². The molecule has 4 heteroatoms. The topological polar surface area (TPSA) is 58.2 Å². The second-order valence-electron chi connectivity index (χ2n) is 3.54. The Morgan fingerprint density at radius 2 is 2.00 bits per heavy atom. The first-order chi connectivity index (χ1) is 7.25. The van der Waals surface area contributed by atoms with Crippen molar-refractivity contribution in [2.75, 3.05) is 0 Å². The van der Waals surface area contributed by atoms with Crippen LogP contribution in [0.15, 0.2) is 30.3 Å². The van der Waals surface area contributed by atoms with Gasteiger partial charge in [0.2, 0.25) is 11.8 Å². The molecule has 2 amide bonds. The molecule has 1 aromatic rings. The molecule has 0 spiro atoms. The van der Waals surface area contributed by atoms with Crippen molar-refractivity contribution in [3.63, 3.8) is 0 Å². The molecule has 0 unspecified atom stereocenters. The molecule has 78 valence electrons. The molecular weight excluding hydrogens is 192 g/mol. The molecule has 2 rings (SSSR count). The molecule has 2 N–H and O–H groups in total. The summed E-state index contributed by atoms with van der Waals surface area (Å²) in [5.74, 6) is -0.429. The van der Waals surface area contributed by atoms with Crippen LogP contribution < -0.4 is 10.6 Å². The molecule has 15 heavy (non-hydrogen) atoms. The summed E-state index contributed by atoms with van der Waals surface area (Å²) >= 11 is 0. The Hall–Kier alpha value is -1.68. The van der Waals surface area contributed by atoms with Gasteiger partial charge in [0, 0.05) is 6.54 Å². The van der Waals surface area contributed by atoms with Crippen molar-refractivity contribution < 1.29 is 9.59 Å². The highest BCUT2D eigenvalue weighted by Gasteiger charge is 2.29. The molecule has 4 nitrogen and oxygen atoms in total. The normalized spacial score (nSPS) is 20.4. The molecule has 0 aromatic heterocycles. The van der Waals surface area contributed by atoms with E-state index in [-0.39, 0.29) is 24.3 Å². The first-order valence-corrected chi connectivity index (χ1v) is 4.87. The average molecular weight is 204 g/mol. The maximum atomic E-state index is 11.2. The Balaban J connectivity index is 1.89. The Labute approximate surface area is 87.7 Å². The molecular formula is C11H12N2O2. The molecule has 0 radical (unpaired) electrons. The summed E-state index contributed by atoms with van der Waals surface area (Å²) in [6.07, 6.45) is 0.242. The van der Waals surface area contributed by atoms with Gasteiger partial charge in [-0.2, -0.15) is 0 Å². The van der Waals surface area contributed by atoms with Gasteiger partial charge in [0.15, 0.2) is 0 Å². The molecule has 1 aliphatic rings. The van der Waals surface area contributed by atoms with Crippen LogP contribution in [-0.2, 0) is 16.1 Å². The number of hydrogen-bond acceptors (Lipinski definition) is 3. The zero-order chi connectivity index (χ0) is 10.7. The van der Waals surface area contributed by atoms with Crippen molar-refractivity contribution in [1.82, 2.24) is 10.6 Å². The van der Waals surface area contributed by atoms with E-state index in [0.717, 1.165) is 5.56 Å². The third kappa shape index (κ3) is 2.41. The van der Waals surface area contributed by atoms with Gasteiger partial charge in [0.05, 0.1) is 12.5 Å². The number of carbonyl (C=O) groups is 2. The van der Waals surface area contributed by atoms with Crippen molar-refractivity contribution in [3.8, 4) is 0 Å². The summed E-state index contributed by atoms with van der Waals surface area (Å²) in [5, 5.41) is 5.31. The monoisotopic (exact) mass is 204 g/mol. The fourth-order valence-corrected chi connectivity index (χ4v) is 1.56. The van der Waals surface area contributed by atoms with Crippen molar-refractivity contribution >= 4 is 11.8 Å². The van der Waals surface area contributed by atoms with Crippen LogP contribution >= 0.6 is 0 Å². The predicted octanol–water partition coefficient (Wildman–Crippen LogP) is 0.191. The minimum Gasteiger partial charge on any atom is -0.301 e. The number of amides is 2. The highest BCUT2D eigenvalue weighted by atomic mass is 16.2. The molecule has 1 aromatic carbocycles. The molecule has 1 saturated heterocycles. The Morgan fingerprint density at radius 1 is 1.27 bits per heavy atom. The second kappa shape index (κ2) is 4.23. The molecule has 1 fully saturated rings. The Bertz CT molecular complexity index is 375. The fraction of sp³-hybridized carbons (Fsp3) is 0.273. The van der Waals surface area contributed by atoms with Gasteiger partial charge in [-0.05, 0) is 5.56 Å². The van der Waals surface area contributed by atoms with Gasteiger partial charge in [-0.1, -0.05) is 30.3 Å². The predicted molar refractivity (Wildman–Crippen MR) is 54.8 cm³/mol. The van der Waals surface area contributed by atoms with Crippen LogP contribution in [0.3, 0.4) is 0 Å². The zero-order valence-electron chi connectivity index (χ0n) is 8.19. The van der Waals surface area contributed by atoms with Gasteiger partial charge in [0.1, 0.15) is 0 Å². The lowest BCUT2D eigenvalue weighted by atomic mass is 10.2. The molecule has 0 saturated carbocycles. The summed E-state index contributed by atoms with van der Waals surface area (Å²) in [6.45, 7) is 0.603. The summed E-state index contributed by atoms with van der Waals surface area (Å²) in [5.41, 5.74) is 1.10. The molecule has 1 heterocycles. The number of nitrogens with one attached hydrogen (secondary N) is 2. The number of rotatable bonds is 3. The average Bonchev–Trinajstić information content (AvgIpc) is 2.56. The third-order valence-corrected chi connectivity index (χ3v) is 2.36. The van der Waals surface area contributed by atoms with E-state index in [1.165, 1.54) is 0 Å². The number of hydrogen-bond donors (Lipinski definition) is 2. The van der Waals surface area contributed by atoms with Crippen LogP contribution in [-0.4, -0.2) is 17.9 Å². The third-order valence-electron chi connectivity index (χ3n) is 2.36. The maximum Gasteiger partial charge on any atom is 0.244 e. The van der Waals surface area contributed by atoms with E-state index >= 15 is 0 Å². The van der Waals surface area contributed by atoms with Gasteiger partial charge in [0.25, 0.3) is 0 Å². The van der Waals surface area contributed by atoms with Crippen molar-refractivity contribution in [2.24, 2.45) is 0 Å². The van der Waals surface area contributed by atoms with E-state index < -0.39 is 0 Å². The lowest BCUT2D eigenvalue weighted by Crippen LogP contribution is -2.35. The zero-order valence-corrected chi connectivity index (χ0v) is 8.19. The summed E-state index contributed by atoms with van der Waals surface area (Å²) < 4.78 is 0. The molecule has 0 bridgehead atoms. The summed E-state index contributed by atoms with van der Waals surface area (Å²) in [7, 11) is 0. The van der Waals surface area contributed by atoms with Gasteiger partial charge in [-0.3, -0.25) is 14.9 Å². The number of benzene rings is 1. The van der Waals surface area contributed by atoms with Crippen LogP contribution in [0.1, 0.15) is 12.0 Å². The van der Waals surface area contributed by atoms with Gasteiger partial charge in [-0.15, -0.1) is 0 Å². The minimum absolute atomic E-state index is 0.203. The Morgan fingerprint density at radius 3 is 2.60 bits per heavy atom. The van der Waals surface area contributed by atoms with E-state index in [4.69, 9.17) is 0 Å². The first-order valence-electron chi connectivity index (χ1n) is 4.87. The maximum absolute atomic E-state index is 11.2. The lowest BCUT2D eigenvalue weighted by Gasteiger charge is -2.08. The van der Waals surface area contributed by atoms with Gasteiger partial charge in [-0.25, -0.2) is 0 Å². The highest BCUT2D eigenvalue weighted by molar-refractivity contribution is 6.05. The molecule has 1 aliphatic heterocycles. The summed E-state index contributed by atoms with van der Waals surface area (Å²) in [4.78, 5) is 22.1. The van der Waals surface area contributed by atoms with E-state index in [1.54, 1.807) is 0 Å². The van der Waals surface area contributed by atoms with E-state index in [9.17, 15) is 9.59 Å². The van der Waals surface area contributed by atoms with E-state index in [0.29, 0.717) is 6.54 Å². The van der Waals surface area contributed by atoms with E-state index in [2.05, 4.69) is 10.6 Å². The lowest BCUT2D eigenvalue weighted by molar-refractivity contribution is -0.125. The van der Waals surface area contributed by atoms with Crippen LogP contribution in [0.4, 0.5) is 0 Å². The SMILES string of the molecule is O=C1C[C@H](NCc2ccccc2)C(=O)N1. The van der Waals surface area contributed by atoms with Crippen molar-refractivity contribution in [2.45, 2.75) is 19.0 Å². The standard InChI is InChI=1S/C11H12N2O2/c14-10-6-9(11(15)13-10)12-7-8-4-2-1-3-5-8/h1-5,9,12H,6-7H2,(H,13,14,15)/t9-/m0/s1. The van der Waals surface area contributed by atoms with Crippen molar-refractivity contribution in [1.29, 1.82) is 0 Å². The van der Waals surface area contributed by atoms with Crippen LogP contribution in [0.25, 0.3) is 0 Å².